The first kappa shape index (κ1) is 12.1. The van der Waals surface area contributed by atoms with Gasteiger partial charge in [-0.25, -0.2) is 9.97 Å². The number of pyridine rings is 1. The predicted molar refractivity (Wildman–Crippen MR) is 85.4 cm³/mol. The topological polar surface area (TPSA) is 41.6 Å². The first-order chi connectivity index (χ1) is 10.3. The first-order valence-electron chi connectivity index (χ1n) is 7.07. The maximum atomic E-state index is 4.59. The van der Waals surface area contributed by atoms with Crippen LogP contribution in [0.5, 0.6) is 0 Å². The maximum absolute atomic E-state index is 4.59. The molecule has 21 heavy (non-hydrogen) atoms. The van der Waals surface area contributed by atoms with Crippen LogP contribution in [0.4, 0.5) is 0 Å². The largest absolute Gasteiger partial charge is 0.340 e. The zero-order valence-corrected chi connectivity index (χ0v) is 11.8. The number of benzene rings is 2. The van der Waals surface area contributed by atoms with Gasteiger partial charge in [-0.05, 0) is 34.9 Å². The Hall–Kier alpha value is -2.68. The molecule has 0 spiro atoms. The third-order valence-corrected chi connectivity index (χ3v) is 3.76. The van der Waals surface area contributed by atoms with Crippen LogP contribution in [-0.4, -0.2) is 15.0 Å². The lowest BCUT2D eigenvalue weighted by Gasteiger charge is -2.04. The highest BCUT2D eigenvalue weighted by atomic mass is 15.0. The number of aromatic nitrogens is 3. The molecule has 3 heteroatoms. The minimum atomic E-state index is 0.788. The highest BCUT2D eigenvalue weighted by Crippen LogP contribution is 2.21. The van der Waals surface area contributed by atoms with Gasteiger partial charge in [-0.3, -0.25) is 0 Å². The molecule has 0 fully saturated rings. The number of hydrogen-bond donors (Lipinski definition) is 1. The molecule has 0 saturated heterocycles. The summed E-state index contributed by atoms with van der Waals surface area (Å²) in [5.74, 6) is 0.958. The number of imidazole rings is 1. The molecule has 0 unspecified atom stereocenters. The number of rotatable bonds is 2. The summed E-state index contributed by atoms with van der Waals surface area (Å²) in [5.41, 5.74) is 4.22. The molecular formula is C18H15N3. The highest BCUT2D eigenvalue weighted by Gasteiger charge is 2.07. The molecule has 4 rings (SSSR count). The Bertz CT molecular complexity index is 932. The van der Waals surface area contributed by atoms with E-state index in [1.165, 1.54) is 16.3 Å². The fourth-order valence-electron chi connectivity index (χ4n) is 2.77. The van der Waals surface area contributed by atoms with Gasteiger partial charge in [0.25, 0.3) is 0 Å². The van der Waals surface area contributed by atoms with Gasteiger partial charge in [0.15, 0.2) is 5.65 Å². The molecule has 0 aliphatic heterocycles. The van der Waals surface area contributed by atoms with Crippen molar-refractivity contribution < 1.29 is 0 Å². The van der Waals surface area contributed by atoms with Crippen molar-refractivity contribution in [1.29, 1.82) is 0 Å². The summed E-state index contributed by atoms with van der Waals surface area (Å²) >= 11 is 0. The van der Waals surface area contributed by atoms with E-state index in [2.05, 4.69) is 63.5 Å². The van der Waals surface area contributed by atoms with E-state index in [0.717, 1.165) is 29.0 Å². The summed E-state index contributed by atoms with van der Waals surface area (Å²) in [6.07, 6.45) is 2.64. The smallest absolute Gasteiger partial charge is 0.177 e. The number of nitrogens with zero attached hydrogens (tertiary/aromatic N) is 2. The zero-order valence-electron chi connectivity index (χ0n) is 11.8. The van der Waals surface area contributed by atoms with Gasteiger partial charge in [-0.1, -0.05) is 42.5 Å². The van der Waals surface area contributed by atoms with Crippen molar-refractivity contribution in [2.45, 2.75) is 13.3 Å². The van der Waals surface area contributed by atoms with Gasteiger partial charge in [0, 0.05) is 12.6 Å². The minimum absolute atomic E-state index is 0.788. The summed E-state index contributed by atoms with van der Waals surface area (Å²) in [6, 6.07) is 16.9. The standard InChI is InChI=1S/C18H15N3/c1-12-9-16-18(19-11-12)21-17(20-16)10-14-7-4-6-13-5-2-3-8-15(13)14/h2-9,11H,10H2,1H3,(H,19,20,21). The summed E-state index contributed by atoms with van der Waals surface area (Å²) in [4.78, 5) is 12.3. The molecule has 2 aromatic carbocycles. The van der Waals surface area contributed by atoms with Crippen LogP contribution >= 0.6 is 0 Å². The molecule has 0 aliphatic rings. The number of nitrogens with one attached hydrogen (secondary N) is 1. The van der Waals surface area contributed by atoms with Gasteiger partial charge in [0.2, 0.25) is 0 Å². The Morgan fingerprint density at radius 2 is 1.90 bits per heavy atom. The molecule has 0 saturated carbocycles. The second kappa shape index (κ2) is 4.70. The fourth-order valence-corrected chi connectivity index (χ4v) is 2.77. The molecule has 0 atom stereocenters. The molecule has 0 radical (unpaired) electrons. The zero-order chi connectivity index (χ0) is 14.2. The highest BCUT2D eigenvalue weighted by molar-refractivity contribution is 5.86. The van der Waals surface area contributed by atoms with Crippen molar-refractivity contribution in [1.82, 2.24) is 15.0 Å². The lowest BCUT2D eigenvalue weighted by atomic mass is 10.0. The number of aryl methyl sites for hydroxylation is 1. The Morgan fingerprint density at radius 1 is 1.05 bits per heavy atom. The van der Waals surface area contributed by atoms with Gasteiger partial charge >= 0.3 is 0 Å². The van der Waals surface area contributed by atoms with Crippen LogP contribution < -0.4 is 0 Å². The average Bonchev–Trinajstić information content (AvgIpc) is 2.89. The van der Waals surface area contributed by atoms with Gasteiger partial charge < -0.3 is 4.98 Å². The van der Waals surface area contributed by atoms with Crippen molar-refractivity contribution in [3.8, 4) is 0 Å². The number of fused-ring (bicyclic) bond motifs is 2. The predicted octanol–water partition coefficient (Wildman–Crippen LogP) is 4.01. The van der Waals surface area contributed by atoms with Gasteiger partial charge in [0.05, 0.1) is 5.52 Å². The Kier molecular flexibility index (Phi) is 2.71. The minimum Gasteiger partial charge on any atom is -0.340 e. The van der Waals surface area contributed by atoms with Crippen LogP contribution in [0.2, 0.25) is 0 Å². The van der Waals surface area contributed by atoms with E-state index in [1.54, 1.807) is 0 Å². The van der Waals surface area contributed by atoms with Gasteiger partial charge in [-0.15, -0.1) is 0 Å². The van der Waals surface area contributed by atoms with Crippen molar-refractivity contribution in [3.63, 3.8) is 0 Å². The Balaban J connectivity index is 1.79. The average molecular weight is 273 g/mol. The summed E-state index contributed by atoms with van der Waals surface area (Å²) in [6.45, 7) is 2.04. The molecular weight excluding hydrogens is 258 g/mol. The molecule has 3 nitrogen and oxygen atoms in total. The van der Waals surface area contributed by atoms with Gasteiger partial charge in [0.1, 0.15) is 5.82 Å². The number of hydrogen-bond acceptors (Lipinski definition) is 2. The lowest BCUT2D eigenvalue weighted by molar-refractivity contribution is 1.04. The quantitative estimate of drug-likeness (QED) is 0.599. The van der Waals surface area contributed by atoms with Crippen LogP contribution in [0.3, 0.4) is 0 Å². The van der Waals surface area contributed by atoms with E-state index in [-0.39, 0.29) is 0 Å². The number of aromatic amines is 1. The normalized spacial score (nSPS) is 11.3. The van der Waals surface area contributed by atoms with Crippen LogP contribution in [0, 0.1) is 6.92 Å². The molecule has 4 aromatic rings. The van der Waals surface area contributed by atoms with Crippen LogP contribution in [0.1, 0.15) is 17.0 Å². The summed E-state index contributed by atoms with van der Waals surface area (Å²) in [5, 5.41) is 2.55. The first-order valence-corrected chi connectivity index (χ1v) is 7.07. The van der Waals surface area contributed by atoms with Crippen LogP contribution in [0.15, 0.2) is 54.7 Å². The van der Waals surface area contributed by atoms with E-state index in [1.807, 2.05) is 13.1 Å². The van der Waals surface area contributed by atoms with Crippen molar-refractivity contribution >= 4 is 21.9 Å². The van der Waals surface area contributed by atoms with Gasteiger partial charge in [-0.2, -0.15) is 0 Å². The molecule has 102 valence electrons. The van der Waals surface area contributed by atoms with Crippen LogP contribution in [-0.2, 0) is 6.42 Å². The van der Waals surface area contributed by atoms with E-state index < -0.39 is 0 Å². The van der Waals surface area contributed by atoms with E-state index >= 15 is 0 Å². The van der Waals surface area contributed by atoms with Crippen molar-refractivity contribution in [2.75, 3.05) is 0 Å². The summed E-state index contributed by atoms with van der Waals surface area (Å²) in [7, 11) is 0. The third-order valence-electron chi connectivity index (χ3n) is 3.76. The molecule has 0 amide bonds. The third kappa shape index (κ3) is 2.17. The molecule has 0 aliphatic carbocycles. The molecule has 2 heterocycles. The van der Waals surface area contributed by atoms with Crippen LogP contribution in [0.25, 0.3) is 21.9 Å². The Labute approximate surface area is 122 Å². The molecule has 0 bridgehead atoms. The molecule has 1 N–H and O–H groups in total. The lowest BCUT2D eigenvalue weighted by Crippen LogP contribution is -1.92. The monoisotopic (exact) mass is 273 g/mol. The maximum Gasteiger partial charge on any atom is 0.177 e. The SMILES string of the molecule is Cc1cnc2nc(Cc3cccc4ccccc34)[nH]c2c1. The second-order valence-corrected chi connectivity index (χ2v) is 5.38. The van der Waals surface area contributed by atoms with E-state index in [4.69, 9.17) is 0 Å². The Morgan fingerprint density at radius 3 is 2.86 bits per heavy atom. The fraction of sp³-hybridized carbons (Fsp3) is 0.111. The second-order valence-electron chi connectivity index (χ2n) is 5.38. The van der Waals surface area contributed by atoms with E-state index in [0.29, 0.717) is 0 Å². The van der Waals surface area contributed by atoms with Crippen molar-refractivity contribution in [2.24, 2.45) is 0 Å². The van der Waals surface area contributed by atoms with E-state index in [9.17, 15) is 0 Å². The number of H-pyrrole nitrogens is 1. The molecule has 2 aromatic heterocycles. The summed E-state index contributed by atoms with van der Waals surface area (Å²) < 4.78 is 0. The van der Waals surface area contributed by atoms with Crippen molar-refractivity contribution in [3.05, 3.63) is 71.7 Å².